The number of nitrogens with one attached hydrogen (secondary N) is 1. The summed E-state index contributed by atoms with van der Waals surface area (Å²) in [4.78, 5) is 16.5. The molecule has 130 valence electrons. The Morgan fingerprint density at radius 1 is 1.70 bits per heavy atom. The van der Waals surface area contributed by atoms with Crippen molar-refractivity contribution < 1.29 is 9.66 Å². The maximum absolute atomic E-state index is 10.6. The number of nitrogens with zero attached hydrogens (tertiary/aromatic N) is 5. The molecule has 0 amide bonds. The summed E-state index contributed by atoms with van der Waals surface area (Å²) in [6.07, 6.45) is 3.75. The molecule has 1 atom stereocenters. The van der Waals surface area contributed by atoms with E-state index in [1.165, 1.54) is 12.4 Å². The molecule has 1 fully saturated rings. The van der Waals surface area contributed by atoms with Crippen LogP contribution >= 0.6 is 24.0 Å². The molecule has 1 N–H and O–H groups in total. The van der Waals surface area contributed by atoms with Crippen LogP contribution in [-0.4, -0.2) is 66.0 Å². The van der Waals surface area contributed by atoms with Gasteiger partial charge >= 0.3 is 5.69 Å². The van der Waals surface area contributed by atoms with Crippen LogP contribution in [0.2, 0.25) is 0 Å². The van der Waals surface area contributed by atoms with Gasteiger partial charge in [0.25, 0.3) is 0 Å². The average molecular weight is 438 g/mol. The lowest BCUT2D eigenvalue weighted by Crippen LogP contribution is -2.42. The molecule has 2 rings (SSSR count). The summed E-state index contributed by atoms with van der Waals surface area (Å²) in [5.41, 5.74) is 0.00253. The first-order chi connectivity index (χ1) is 10.6. The van der Waals surface area contributed by atoms with Crippen LogP contribution in [0.5, 0.6) is 0 Å². The van der Waals surface area contributed by atoms with Gasteiger partial charge in [-0.3, -0.25) is 19.8 Å². The van der Waals surface area contributed by atoms with Crippen molar-refractivity contribution in [2.45, 2.75) is 13.0 Å². The van der Waals surface area contributed by atoms with Crippen molar-refractivity contribution >= 4 is 35.6 Å². The van der Waals surface area contributed by atoms with Gasteiger partial charge in [-0.05, 0) is 6.42 Å². The van der Waals surface area contributed by atoms with E-state index in [0.717, 1.165) is 32.1 Å². The normalized spacial score (nSPS) is 17.7. The summed E-state index contributed by atoms with van der Waals surface area (Å²) >= 11 is 0. The Morgan fingerprint density at radius 3 is 3.04 bits per heavy atom. The van der Waals surface area contributed by atoms with Gasteiger partial charge in [-0.15, -0.1) is 24.0 Å². The smallest absolute Gasteiger partial charge is 0.306 e. The zero-order chi connectivity index (χ0) is 15.9. The highest BCUT2D eigenvalue weighted by Crippen LogP contribution is 2.13. The van der Waals surface area contributed by atoms with Crippen LogP contribution in [0, 0.1) is 16.0 Å². The Kier molecular flexibility index (Phi) is 8.23. The van der Waals surface area contributed by atoms with E-state index in [9.17, 15) is 10.1 Å². The molecule has 0 spiro atoms. The molecule has 2 heterocycles. The van der Waals surface area contributed by atoms with Gasteiger partial charge in [0.05, 0.1) is 18.1 Å². The third kappa shape index (κ3) is 5.94. The second-order valence-corrected chi connectivity index (χ2v) is 5.30. The van der Waals surface area contributed by atoms with E-state index >= 15 is 0 Å². The fourth-order valence-electron chi connectivity index (χ4n) is 2.44. The Labute approximate surface area is 152 Å². The van der Waals surface area contributed by atoms with Crippen molar-refractivity contribution in [1.29, 1.82) is 0 Å². The van der Waals surface area contributed by atoms with E-state index in [1.54, 1.807) is 11.7 Å². The summed E-state index contributed by atoms with van der Waals surface area (Å²) < 4.78 is 6.92. The Bertz CT molecular complexity index is 530. The van der Waals surface area contributed by atoms with Crippen LogP contribution in [0.1, 0.15) is 6.42 Å². The molecule has 0 radical (unpaired) electrons. The zero-order valence-corrected chi connectivity index (χ0v) is 15.7. The summed E-state index contributed by atoms with van der Waals surface area (Å²) in [6, 6.07) is 0. The predicted molar refractivity (Wildman–Crippen MR) is 97.2 cm³/mol. The van der Waals surface area contributed by atoms with Crippen molar-refractivity contribution in [1.82, 2.24) is 20.0 Å². The van der Waals surface area contributed by atoms with Crippen molar-refractivity contribution in [2.24, 2.45) is 10.9 Å². The molecule has 10 heteroatoms. The molecule has 0 bridgehead atoms. The van der Waals surface area contributed by atoms with E-state index in [4.69, 9.17) is 4.74 Å². The summed E-state index contributed by atoms with van der Waals surface area (Å²) in [6.45, 7) is 3.66. The molecule has 1 unspecified atom stereocenters. The highest BCUT2D eigenvalue weighted by Gasteiger charge is 2.19. The number of ether oxygens (including phenoxy) is 1. The largest absolute Gasteiger partial charge is 0.381 e. The quantitative estimate of drug-likeness (QED) is 0.234. The first kappa shape index (κ1) is 19.6. The minimum atomic E-state index is -0.451. The molecule has 0 aliphatic carbocycles. The highest BCUT2D eigenvalue weighted by molar-refractivity contribution is 14.0. The number of aliphatic imine (C=N–C) groups is 1. The van der Waals surface area contributed by atoms with E-state index in [1.807, 2.05) is 7.05 Å². The van der Waals surface area contributed by atoms with Crippen LogP contribution in [-0.2, 0) is 11.3 Å². The van der Waals surface area contributed by atoms with Gasteiger partial charge in [0.2, 0.25) is 0 Å². The van der Waals surface area contributed by atoms with Crippen LogP contribution in [0.4, 0.5) is 5.69 Å². The third-order valence-corrected chi connectivity index (χ3v) is 3.58. The van der Waals surface area contributed by atoms with Crippen LogP contribution in [0.25, 0.3) is 0 Å². The van der Waals surface area contributed by atoms with Gasteiger partial charge in [-0.2, -0.15) is 5.10 Å². The molecule has 9 nitrogen and oxygen atoms in total. The Hall–Kier alpha value is -1.43. The lowest BCUT2D eigenvalue weighted by Gasteiger charge is -2.24. The number of hydrogen-bond donors (Lipinski definition) is 1. The molecule has 1 aromatic heterocycles. The lowest BCUT2D eigenvalue weighted by molar-refractivity contribution is -0.385. The van der Waals surface area contributed by atoms with Gasteiger partial charge in [0.1, 0.15) is 12.4 Å². The first-order valence-corrected chi connectivity index (χ1v) is 7.26. The average Bonchev–Trinajstić information content (AvgIpc) is 3.14. The molecular formula is C13H23IN6O3. The van der Waals surface area contributed by atoms with Crippen molar-refractivity contribution in [2.75, 3.05) is 40.4 Å². The van der Waals surface area contributed by atoms with Gasteiger partial charge in [-0.25, -0.2) is 0 Å². The van der Waals surface area contributed by atoms with Gasteiger partial charge in [0, 0.05) is 39.7 Å². The number of rotatable bonds is 6. The SMILES string of the molecule is CN=C(NCCn1cc([N+](=O)[O-])cn1)N(C)CC1CCOC1.I. The number of halogens is 1. The van der Waals surface area contributed by atoms with Crippen molar-refractivity contribution in [3.8, 4) is 0 Å². The van der Waals surface area contributed by atoms with Gasteiger partial charge < -0.3 is 15.0 Å². The second-order valence-electron chi connectivity index (χ2n) is 5.30. The molecule has 1 aliphatic rings. The van der Waals surface area contributed by atoms with E-state index in [-0.39, 0.29) is 29.7 Å². The van der Waals surface area contributed by atoms with Crippen LogP contribution in [0.3, 0.4) is 0 Å². The molecule has 1 saturated heterocycles. The highest BCUT2D eigenvalue weighted by atomic mass is 127. The lowest BCUT2D eigenvalue weighted by atomic mass is 10.1. The summed E-state index contributed by atoms with van der Waals surface area (Å²) in [5, 5.41) is 17.8. The maximum atomic E-state index is 10.6. The predicted octanol–water partition coefficient (Wildman–Crippen LogP) is 0.953. The Balaban J connectivity index is 0.00000264. The number of guanidine groups is 1. The number of nitro groups is 1. The van der Waals surface area contributed by atoms with E-state index < -0.39 is 4.92 Å². The van der Waals surface area contributed by atoms with Crippen LogP contribution in [0.15, 0.2) is 17.4 Å². The fourth-order valence-corrected chi connectivity index (χ4v) is 2.44. The molecule has 0 saturated carbocycles. The van der Waals surface area contributed by atoms with Crippen molar-refractivity contribution in [3.63, 3.8) is 0 Å². The van der Waals surface area contributed by atoms with Crippen LogP contribution < -0.4 is 5.32 Å². The fraction of sp³-hybridized carbons (Fsp3) is 0.692. The maximum Gasteiger partial charge on any atom is 0.306 e. The third-order valence-electron chi connectivity index (χ3n) is 3.58. The van der Waals surface area contributed by atoms with Gasteiger partial charge in [0.15, 0.2) is 5.96 Å². The molecule has 23 heavy (non-hydrogen) atoms. The van der Waals surface area contributed by atoms with Crippen molar-refractivity contribution in [3.05, 3.63) is 22.5 Å². The number of hydrogen-bond acceptors (Lipinski definition) is 5. The first-order valence-electron chi connectivity index (χ1n) is 7.26. The topological polar surface area (TPSA) is 97.8 Å². The van der Waals surface area contributed by atoms with E-state index in [2.05, 4.69) is 20.3 Å². The minimum Gasteiger partial charge on any atom is -0.381 e. The molecule has 1 aliphatic heterocycles. The molecule has 0 aromatic carbocycles. The number of aromatic nitrogens is 2. The zero-order valence-electron chi connectivity index (χ0n) is 13.3. The monoisotopic (exact) mass is 438 g/mol. The summed E-state index contributed by atoms with van der Waals surface area (Å²) in [7, 11) is 3.73. The van der Waals surface area contributed by atoms with Gasteiger partial charge in [-0.1, -0.05) is 0 Å². The summed E-state index contributed by atoms with van der Waals surface area (Å²) in [5.74, 6) is 1.34. The minimum absolute atomic E-state index is 0. The second kappa shape index (κ2) is 9.65. The Morgan fingerprint density at radius 2 is 2.48 bits per heavy atom. The molecule has 1 aromatic rings. The molecular weight excluding hydrogens is 415 g/mol. The standard InChI is InChI=1S/C13H22N6O3.HI/c1-14-13(17(2)8-11-3-6-22-10-11)15-4-5-18-9-12(7-16-18)19(20)21;/h7,9,11H,3-6,8,10H2,1-2H3,(H,14,15);1H. The van der Waals surface area contributed by atoms with E-state index in [0.29, 0.717) is 19.0 Å².